The number of alkyl halides is 3. The van der Waals surface area contributed by atoms with Gasteiger partial charge in [-0.1, -0.05) is 28.1 Å². The second kappa shape index (κ2) is 10.1. The van der Waals surface area contributed by atoms with Gasteiger partial charge in [0, 0.05) is 22.5 Å². The monoisotopic (exact) mass is 544 g/mol. The molecule has 0 saturated carbocycles. The summed E-state index contributed by atoms with van der Waals surface area (Å²) in [6, 6.07) is 9.29. The topological polar surface area (TPSA) is 24.8 Å². The van der Waals surface area contributed by atoms with E-state index in [1.165, 1.54) is 24.3 Å². The van der Waals surface area contributed by atoms with Gasteiger partial charge < -0.3 is 9.64 Å². The number of ether oxygens (including phenoxy) is 1. The van der Waals surface area contributed by atoms with Crippen molar-refractivity contribution in [3.8, 4) is 0 Å². The molecule has 0 saturated heterocycles. The molecule has 2 aromatic carbocycles. The van der Waals surface area contributed by atoms with E-state index in [1.54, 1.807) is 45.9 Å². The average Bonchev–Trinajstić information content (AvgIpc) is 2.70. The largest absolute Gasteiger partial charge is 0.472 e. The van der Waals surface area contributed by atoms with Gasteiger partial charge in [-0.3, -0.25) is 0 Å². The summed E-state index contributed by atoms with van der Waals surface area (Å²) >= 11 is 3.27. The van der Waals surface area contributed by atoms with Crippen LogP contribution in [0.5, 0.6) is 0 Å². The van der Waals surface area contributed by atoms with Crippen LogP contribution < -0.4 is 0 Å². The van der Waals surface area contributed by atoms with Crippen molar-refractivity contribution in [3.63, 3.8) is 0 Å². The van der Waals surface area contributed by atoms with Crippen LogP contribution in [0.2, 0.25) is 0 Å². The van der Waals surface area contributed by atoms with E-state index >= 15 is 0 Å². The van der Waals surface area contributed by atoms with Gasteiger partial charge in [0.05, 0.1) is 0 Å². The molecule has 2 aromatic rings. The zero-order valence-corrected chi connectivity index (χ0v) is 20.8. The summed E-state index contributed by atoms with van der Waals surface area (Å²) in [4.78, 5) is 5.38. The third kappa shape index (κ3) is 6.81. The Labute approximate surface area is 204 Å². The lowest BCUT2D eigenvalue weighted by Crippen LogP contribution is -2.44. The summed E-state index contributed by atoms with van der Waals surface area (Å²) < 4.78 is 76.0. The maximum atomic E-state index is 14.2. The predicted molar refractivity (Wildman–Crippen MR) is 126 cm³/mol. The molecule has 0 amide bonds. The Morgan fingerprint density at radius 1 is 1.03 bits per heavy atom. The van der Waals surface area contributed by atoms with E-state index in [-0.39, 0.29) is 19.0 Å². The fourth-order valence-electron chi connectivity index (χ4n) is 3.88. The zero-order chi connectivity index (χ0) is 25.3. The van der Waals surface area contributed by atoms with Gasteiger partial charge in [0.25, 0.3) is 0 Å². The molecule has 0 bridgehead atoms. The predicted octanol–water partition coefficient (Wildman–Crippen LogP) is 7.38. The Balaban J connectivity index is 2.01. The minimum Gasteiger partial charge on any atom is -0.472 e. The van der Waals surface area contributed by atoms with E-state index in [1.807, 2.05) is 0 Å². The van der Waals surface area contributed by atoms with Crippen LogP contribution in [-0.2, 0) is 11.2 Å². The maximum absolute atomic E-state index is 14.2. The molecule has 2 atom stereocenters. The highest BCUT2D eigenvalue weighted by Gasteiger charge is 2.43. The smallest absolute Gasteiger partial charge is 0.431 e. The molecule has 0 aliphatic carbocycles. The molecular formula is C25H26BrF5N2O. The van der Waals surface area contributed by atoms with Crippen LogP contribution in [0.1, 0.15) is 44.7 Å². The number of allylic oxidation sites excluding steroid dienone is 1. The third-order valence-corrected chi connectivity index (χ3v) is 5.86. The molecule has 1 aliphatic heterocycles. The Hall–Kier alpha value is -2.42. The van der Waals surface area contributed by atoms with Gasteiger partial charge in [-0.15, -0.1) is 0 Å². The highest BCUT2D eigenvalue weighted by atomic mass is 79.9. The molecule has 0 N–H and O–H groups in total. The van der Waals surface area contributed by atoms with Gasteiger partial charge in [0.1, 0.15) is 29.6 Å². The molecular weight excluding hydrogens is 519 g/mol. The number of benzene rings is 2. The Kier molecular flexibility index (Phi) is 7.75. The highest BCUT2D eigenvalue weighted by molar-refractivity contribution is 9.10. The van der Waals surface area contributed by atoms with Crippen molar-refractivity contribution >= 4 is 21.8 Å². The molecule has 1 aliphatic rings. The van der Waals surface area contributed by atoms with Crippen LogP contribution in [0.4, 0.5) is 22.0 Å². The average molecular weight is 545 g/mol. The molecule has 2 unspecified atom stereocenters. The summed E-state index contributed by atoms with van der Waals surface area (Å²) in [5.74, 6) is -1.57. The van der Waals surface area contributed by atoms with E-state index in [9.17, 15) is 22.0 Å². The molecule has 1 heterocycles. The molecule has 3 nitrogen and oxygen atoms in total. The lowest BCUT2D eigenvalue weighted by atomic mass is 9.85. The van der Waals surface area contributed by atoms with Gasteiger partial charge in [0.15, 0.2) is 0 Å². The van der Waals surface area contributed by atoms with E-state index in [2.05, 4.69) is 20.9 Å². The second-order valence-electron chi connectivity index (χ2n) is 9.23. The molecule has 0 fully saturated rings. The number of halogens is 6. The summed E-state index contributed by atoms with van der Waals surface area (Å²) in [6.45, 7) is 6.57. The van der Waals surface area contributed by atoms with Gasteiger partial charge in [-0.05, 0) is 75.6 Å². The molecule has 3 rings (SSSR count). The molecule has 34 heavy (non-hydrogen) atoms. The molecule has 184 valence electrons. The van der Waals surface area contributed by atoms with Crippen molar-refractivity contribution < 1.29 is 26.7 Å². The van der Waals surface area contributed by atoms with E-state index in [0.29, 0.717) is 15.6 Å². The number of rotatable bonds is 5. The van der Waals surface area contributed by atoms with E-state index in [0.717, 1.165) is 11.0 Å². The lowest BCUT2D eigenvalue weighted by Gasteiger charge is -2.39. The number of hydrogen-bond donors (Lipinski definition) is 0. The maximum Gasteiger partial charge on any atom is 0.431 e. The fraction of sp³-hybridized carbons (Fsp3) is 0.400. The molecule has 0 radical (unpaired) electrons. The minimum absolute atomic E-state index is 0.0909. The minimum atomic E-state index is -4.65. The quantitative estimate of drug-likeness (QED) is 0.367. The first-order valence-corrected chi connectivity index (χ1v) is 11.5. The zero-order valence-electron chi connectivity index (χ0n) is 19.3. The normalized spacial score (nSPS) is 16.6. The first-order chi connectivity index (χ1) is 15.7. The van der Waals surface area contributed by atoms with E-state index < -0.39 is 41.1 Å². The third-order valence-electron chi connectivity index (χ3n) is 5.41. The summed E-state index contributed by atoms with van der Waals surface area (Å²) in [7, 11) is 0. The fourth-order valence-corrected chi connectivity index (χ4v) is 4.37. The van der Waals surface area contributed by atoms with Crippen LogP contribution in [0, 0.1) is 11.6 Å². The van der Waals surface area contributed by atoms with Crippen molar-refractivity contribution in [2.45, 2.75) is 57.9 Å². The van der Waals surface area contributed by atoms with Gasteiger partial charge in [0.2, 0.25) is 5.90 Å². The first kappa shape index (κ1) is 26.2. The van der Waals surface area contributed by atoms with Crippen LogP contribution in [0.15, 0.2) is 63.7 Å². The van der Waals surface area contributed by atoms with Gasteiger partial charge >= 0.3 is 6.18 Å². The van der Waals surface area contributed by atoms with Crippen molar-refractivity contribution in [2.24, 2.45) is 4.99 Å². The van der Waals surface area contributed by atoms with Crippen molar-refractivity contribution in [2.75, 3.05) is 6.67 Å². The van der Waals surface area contributed by atoms with Crippen LogP contribution >= 0.6 is 15.9 Å². The van der Waals surface area contributed by atoms with Crippen LogP contribution in [-0.4, -0.2) is 35.3 Å². The summed E-state index contributed by atoms with van der Waals surface area (Å²) in [5, 5.41) is 0. The second-order valence-corrected chi connectivity index (χ2v) is 10.1. The Morgan fingerprint density at radius 3 is 2.24 bits per heavy atom. The van der Waals surface area contributed by atoms with Crippen LogP contribution in [0.25, 0.3) is 0 Å². The molecule has 0 aromatic heterocycles. The van der Waals surface area contributed by atoms with Crippen LogP contribution in [0.3, 0.4) is 0 Å². The van der Waals surface area contributed by atoms with Gasteiger partial charge in [-0.2, -0.15) is 13.2 Å². The standard InChI is InChI=1S/C25H26BrF5N2O/c1-15(33-14-32-23(34-24(2,3)4)13-22(33)25(29,30)31)21(9-16-5-7-19(27)8-6-16)17-10-18(26)12-20(28)11-17/h5-8,10-13,15,21H,9,14H2,1-4H3. The van der Waals surface area contributed by atoms with E-state index in [4.69, 9.17) is 4.74 Å². The summed E-state index contributed by atoms with van der Waals surface area (Å²) in [6.07, 6.45) is -3.48. The SMILES string of the molecule is CC(C(Cc1ccc(F)cc1)c1cc(F)cc(Br)c1)N1CN=C(OC(C)(C)C)C=C1C(F)(F)F. The first-order valence-electron chi connectivity index (χ1n) is 10.7. The number of hydrogen-bond acceptors (Lipinski definition) is 3. The highest BCUT2D eigenvalue weighted by Crippen LogP contribution is 2.37. The lowest BCUT2D eigenvalue weighted by molar-refractivity contribution is -0.116. The number of nitrogens with zero attached hydrogens (tertiary/aromatic N) is 2. The molecule has 0 spiro atoms. The number of aliphatic imine (C=N–C) groups is 1. The summed E-state index contributed by atoms with van der Waals surface area (Å²) in [5.41, 5.74) is -0.355. The van der Waals surface area contributed by atoms with Crippen molar-refractivity contribution in [1.29, 1.82) is 0 Å². The molecule has 9 heteroatoms. The van der Waals surface area contributed by atoms with Crippen molar-refractivity contribution in [3.05, 3.63) is 81.5 Å². The van der Waals surface area contributed by atoms with Gasteiger partial charge in [-0.25, -0.2) is 13.8 Å². The van der Waals surface area contributed by atoms with Crippen molar-refractivity contribution in [1.82, 2.24) is 4.90 Å². The Bertz CT molecular complexity index is 1050. The Morgan fingerprint density at radius 2 is 1.68 bits per heavy atom.